The second-order valence-electron chi connectivity index (χ2n) is 2.91. The van der Waals surface area contributed by atoms with Crippen LogP contribution in [0.1, 0.15) is 30.1 Å². The number of carbonyl (C=O) groups is 1. The normalized spacial score (nSPS) is 10.4. The summed E-state index contributed by atoms with van der Waals surface area (Å²) in [5.41, 5.74) is 3.09. The molecule has 0 unspecified atom stereocenters. The Bertz CT molecular complexity index is 306. The first-order valence-corrected chi connectivity index (χ1v) is 4.71. The van der Waals surface area contributed by atoms with Crippen LogP contribution in [0.25, 0.3) is 0 Å². The van der Waals surface area contributed by atoms with Gasteiger partial charge in [0.15, 0.2) is 0 Å². The monoisotopic (exact) mass is 190 g/mol. The van der Waals surface area contributed by atoms with Crippen molar-refractivity contribution >= 4 is 12.1 Å². The molecule has 3 heteroatoms. The van der Waals surface area contributed by atoms with Crippen LogP contribution in [0.4, 0.5) is 0 Å². The number of nitrogens with zero attached hydrogens (tertiary/aromatic N) is 1. The molecular formula is C11H14N2O. The second-order valence-corrected chi connectivity index (χ2v) is 2.91. The van der Waals surface area contributed by atoms with Crippen LogP contribution in [0.15, 0.2) is 35.4 Å². The summed E-state index contributed by atoms with van der Waals surface area (Å²) in [5, 5.41) is 3.81. The molecule has 0 radical (unpaired) electrons. The molecule has 14 heavy (non-hydrogen) atoms. The van der Waals surface area contributed by atoms with Gasteiger partial charge in [-0.3, -0.25) is 4.79 Å². The van der Waals surface area contributed by atoms with E-state index < -0.39 is 0 Å². The molecule has 1 rings (SSSR count). The largest absolute Gasteiger partial charge is 0.271 e. The van der Waals surface area contributed by atoms with Crippen molar-refractivity contribution in [2.24, 2.45) is 5.10 Å². The van der Waals surface area contributed by atoms with Crippen molar-refractivity contribution in [3.63, 3.8) is 0 Å². The van der Waals surface area contributed by atoms with Crippen molar-refractivity contribution in [3.05, 3.63) is 35.9 Å². The van der Waals surface area contributed by atoms with E-state index >= 15 is 0 Å². The van der Waals surface area contributed by atoms with Gasteiger partial charge in [-0.2, -0.15) is 5.10 Å². The van der Waals surface area contributed by atoms with Crippen LogP contribution >= 0.6 is 0 Å². The molecule has 1 N–H and O–H groups in total. The molecule has 1 aromatic carbocycles. The lowest BCUT2D eigenvalue weighted by Crippen LogP contribution is -2.17. The predicted molar refractivity (Wildman–Crippen MR) is 57.3 cm³/mol. The van der Waals surface area contributed by atoms with Crippen molar-refractivity contribution in [1.29, 1.82) is 0 Å². The van der Waals surface area contributed by atoms with Gasteiger partial charge in [-0.15, -0.1) is 0 Å². The summed E-state index contributed by atoms with van der Waals surface area (Å²) in [6, 6.07) is 9.03. The molecule has 0 spiro atoms. The Kier molecular flexibility index (Phi) is 4.41. The summed E-state index contributed by atoms with van der Waals surface area (Å²) in [6.45, 7) is 2.06. The van der Waals surface area contributed by atoms with Crippen molar-refractivity contribution < 1.29 is 4.79 Å². The number of carbonyl (C=O) groups excluding carboxylic acids is 1. The van der Waals surface area contributed by atoms with Gasteiger partial charge in [-0.1, -0.05) is 31.5 Å². The number of rotatable bonds is 4. The summed E-state index contributed by atoms with van der Waals surface area (Å²) >= 11 is 0. The molecule has 0 atom stereocenters. The zero-order chi connectivity index (χ0) is 10.2. The minimum Gasteiger partial charge on any atom is -0.267 e. The van der Waals surface area contributed by atoms with Gasteiger partial charge in [-0.05, 0) is 18.6 Å². The highest BCUT2D eigenvalue weighted by molar-refractivity contribution is 5.94. The van der Waals surface area contributed by atoms with Gasteiger partial charge >= 0.3 is 0 Å². The van der Waals surface area contributed by atoms with Gasteiger partial charge in [0.05, 0.1) is 0 Å². The average molecular weight is 190 g/mol. The van der Waals surface area contributed by atoms with Crippen molar-refractivity contribution in [2.45, 2.75) is 19.8 Å². The lowest BCUT2D eigenvalue weighted by molar-refractivity contribution is 0.0955. The topological polar surface area (TPSA) is 41.5 Å². The summed E-state index contributed by atoms with van der Waals surface area (Å²) in [4.78, 5) is 11.4. The molecule has 74 valence electrons. The first-order valence-electron chi connectivity index (χ1n) is 4.71. The van der Waals surface area contributed by atoms with E-state index in [0.717, 1.165) is 12.8 Å². The maximum Gasteiger partial charge on any atom is 0.271 e. The fourth-order valence-electron chi connectivity index (χ4n) is 0.952. The molecule has 1 aromatic rings. The van der Waals surface area contributed by atoms with Gasteiger partial charge in [0.2, 0.25) is 0 Å². The smallest absolute Gasteiger partial charge is 0.267 e. The number of unbranched alkanes of at least 4 members (excludes halogenated alkanes) is 1. The Balaban J connectivity index is 2.44. The predicted octanol–water partition coefficient (Wildman–Crippen LogP) is 2.20. The molecule has 0 aliphatic rings. The van der Waals surface area contributed by atoms with E-state index in [1.165, 1.54) is 0 Å². The lowest BCUT2D eigenvalue weighted by atomic mass is 10.2. The zero-order valence-corrected chi connectivity index (χ0v) is 8.23. The molecule has 3 nitrogen and oxygen atoms in total. The summed E-state index contributed by atoms with van der Waals surface area (Å²) in [7, 11) is 0. The molecule has 0 saturated heterocycles. The van der Waals surface area contributed by atoms with E-state index in [1.54, 1.807) is 18.3 Å². The third-order valence-electron chi connectivity index (χ3n) is 1.71. The SMILES string of the molecule is CCC/C=N/NC(=O)c1ccccc1. The molecule has 0 aromatic heterocycles. The van der Waals surface area contributed by atoms with Crippen LogP contribution in [0.2, 0.25) is 0 Å². The zero-order valence-electron chi connectivity index (χ0n) is 8.23. The van der Waals surface area contributed by atoms with Gasteiger partial charge in [0.1, 0.15) is 0 Å². The standard InChI is InChI=1S/C11H14N2O/c1-2-3-9-12-13-11(14)10-7-5-4-6-8-10/h4-9H,2-3H2,1H3,(H,13,14)/b12-9+. The van der Waals surface area contributed by atoms with E-state index in [9.17, 15) is 4.79 Å². The number of hydrazone groups is 1. The Hall–Kier alpha value is -1.64. The van der Waals surface area contributed by atoms with E-state index in [4.69, 9.17) is 0 Å². The van der Waals surface area contributed by atoms with Crippen LogP contribution in [-0.2, 0) is 0 Å². The van der Waals surface area contributed by atoms with E-state index in [0.29, 0.717) is 5.56 Å². The van der Waals surface area contributed by atoms with Gasteiger partial charge in [-0.25, -0.2) is 5.43 Å². The Morgan fingerprint density at radius 1 is 1.43 bits per heavy atom. The average Bonchev–Trinajstić information content (AvgIpc) is 2.25. The van der Waals surface area contributed by atoms with Crippen LogP contribution in [0.3, 0.4) is 0 Å². The molecular weight excluding hydrogens is 176 g/mol. The van der Waals surface area contributed by atoms with Crippen LogP contribution in [0.5, 0.6) is 0 Å². The maximum atomic E-state index is 11.4. The van der Waals surface area contributed by atoms with Crippen molar-refractivity contribution in [1.82, 2.24) is 5.43 Å². The molecule has 0 aliphatic heterocycles. The number of amides is 1. The first-order chi connectivity index (χ1) is 6.84. The third kappa shape index (κ3) is 3.39. The van der Waals surface area contributed by atoms with E-state index in [1.807, 2.05) is 18.2 Å². The lowest BCUT2D eigenvalue weighted by Gasteiger charge is -1.97. The molecule has 0 fully saturated rings. The van der Waals surface area contributed by atoms with Crippen LogP contribution in [0, 0.1) is 0 Å². The highest BCUT2D eigenvalue weighted by Gasteiger charge is 2.00. The van der Waals surface area contributed by atoms with Crippen molar-refractivity contribution in [3.8, 4) is 0 Å². The Morgan fingerprint density at radius 3 is 2.79 bits per heavy atom. The van der Waals surface area contributed by atoms with Gasteiger partial charge in [0.25, 0.3) is 5.91 Å². The highest BCUT2D eigenvalue weighted by atomic mass is 16.2. The fraction of sp³-hybridized carbons (Fsp3) is 0.273. The Morgan fingerprint density at radius 2 is 2.14 bits per heavy atom. The van der Waals surface area contributed by atoms with Crippen LogP contribution < -0.4 is 5.43 Å². The van der Waals surface area contributed by atoms with Gasteiger partial charge in [0, 0.05) is 11.8 Å². The third-order valence-corrected chi connectivity index (χ3v) is 1.71. The molecule has 0 bridgehead atoms. The second kappa shape index (κ2) is 5.91. The maximum absolute atomic E-state index is 11.4. The fourth-order valence-corrected chi connectivity index (χ4v) is 0.952. The van der Waals surface area contributed by atoms with E-state index in [-0.39, 0.29) is 5.91 Å². The minimum absolute atomic E-state index is 0.169. The van der Waals surface area contributed by atoms with Gasteiger partial charge < -0.3 is 0 Å². The quantitative estimate of drug-likeness (QED) is 0.574. The van der Waals surface area contributed by atoms with Crippen molar-refractivity contribution in [2.75, 3.05) is 0 Å². The minimum atomic E-state index is -0.169. The summed E-state index contributed by atoms with van der Waals surface area (Å²) in [6.07, 6.45) is 3.63. The first kappa shape index (κ1) is 10.4. The summed E-state index contributed by atoms with van der Waals surface area (Å²) < 4.78 is 0. The van der Waals surface area contributed by atoms with E-state index in [2.05, 4.69) is 17.5 Å². The number of hydrogen-bond donors (Lipinski definition) is 1. The number of hydrogen-bond acceptors (Lipinski definition) is 2. The van der Waals surface area contributed by atoms with Crippen LogP contribution in [-0.4, -0.2) is 12.1 Å². The molecule has 1 amide bonds. The number of nitrogens with one attached hydrogen (secondary N) is 1. The molecule has 0 aliphatic carbocycles. The summed E-state index contributed by atoms with van der Waals surface area (Å²) in [5.74, 6) is -0.169. The molecule has 0 heterocycles. The molecule has 0 saturated carbocycles. The Labute approximate surface area is 83.8 Å². The highest BCUT2D eigenvalue weighted by Crippen LogP contribution is 1.97. The number of benzene rings is 1.